The van der Waals surface area contributed by atoms with E-state index in [2.05, 4.69) is 5.10 Å². The molecule has 176 valence electrons. The molecule has 0 spiro atoms. The molecule has 1 unspecified atom stereocenters. The number of aromatic nitrogens is 2. The third-order valence-electron chi connectivity index (χ3n) is 5.58. The summed E-state index contributed by atoms with van der Waals surface area (Å²) < 4.78 is 85.2. The highest BCUT2D eigenvalue weighted by atomic mass is 32.2. The van der Waals surface area contributed by atoms with Gasteiger partial charge in [-0.1, -0.05) is 0 Å². The molecular weight excluding hydrogens is 464 g/mol. The van der Waals surface area contributed by atoms with E-state index in [0.29, 0.717) is 0 Å². The fourth-order valence-electron chi connectivity index (χ4n) is 3.84. The van der Waals surface area contributed by atoms with Crippen molar-refractivity contribution in [2.45, 2.75) is 37.7 Å². The van der Waals surface area contributed by atoms with Gasteiger partial charge in [0.25, 0.3) is 5.91 Å². The van der Waals surface area contributed by atoms with Crippen LogP contribution in [0.25, 0.3) is 5.52 Å². The molecule has 0 aliphatic carbocycles. The molecule has 0 bridgehead atoms. The lowest BCUT2D eigenvalue weighted by Crippen LogP contribution is -2.35. The summed E-state index contributed by atoms with van der Waals surface area (Å²) in [7, 11) is -3.99. The Labute approximate surface area is 187 Å². The normalized spacial score (nSPS) is 18.9. The third-order valence-corrected chi connectivity index (χ3v) is 7.29. The molecule has 1 aliphatic heterocycles. The maximum absolute atomic E-state index is 15.6. The number of rotatable bonds is 5. The molecule has 1 saturated heterocycles. The lowest BCUT2D eigenvalue weighted by Gasteiger charge is -2.27. The highest BCUT2D eigenvalue weighted by molar-refractivity contribution is 7.90. The number of hydrogen-bond acceptors (Lipinski definition) is 5. The van der Waals surface area contributed by atoms with Crippen LogP contribution in [0.3, 0.4) is 0 Å². The standard InChI is InChI=1S/C21H20F4N4O3S/c1-11(2)33(31,32)27-21(30)15-9-26-29-6-5-17(19(25)20(15)29)28-10-13(23)8-18(28)14-7-12(22)3-4-16(14)24/h3-7,9,11,13,18H,8,10H2,1-2H3,(H,27,30)/t13-,18?/m0/s1. The molecular formula is C21H20F4N4O3S. The number of fused-ring (bicyclic) bond motifs is 1. The molecule has 1 amide bonds. The summed E-state index contributed by atoms with van der Waals surface area (Å²) in [5.74, 6) is -3.53. The SMILES string of the molecule is CC(C)S(=O)(=O)NC(=O)c1cnn2ccc(N3C[C@@H](F)CC3c3cc(F)ccc3F)c(F)c12. The first kappa shape index (κ1) is 23.0. The molecule has 3 heterocycles. The molecule has 0 radical (unpaired) electrons. The van der Waals surface area contributed by atoms with E-state index in [9.17, 15) is 26.4 Å². The zero-order chi connectivity index (χ0) is 24.1. The van der Waals surface area contributed by atoms with Gasteiger partial charge in [0, 0.05) is 24.7 Å². The van der Waals surface area contributed by atoms with Gasteiger partial charge in [0.05, 0.1) is 28.7 Å². The molecule has 1 aliphatic rings. The summed E-state index contributed by atoms with van der Waals surface area (Å²) in [4.78, 5) is 13.8. The highest BCUT2D eigenvalue weighted by Gasteiger charge is 2.37. The second-order valence-corrected chi connectivity index (χ2v) is 10.3. The minimum Gasteiger partial charge on any atom is -0.359 e. The number of nitrogens with one attached hydrogen (secondary N) is 1. The van der Waals surface area contributed by atoms with Gasteiger partial charge in [0.2, 0.25) is 10.0 Å². The third kappa shape index (κ3) is 4.14. The molecule has 0 saturated carbocycles. The second-order valence-electron chi connectivity index (χ2n) is 8.06. The number of carbonyl (C=O) groups excluding carboxylic acids is 1. The molecule has 33 heavy (non-hydrogen) atoms. The highest BCUT2D eigenvalue weighted by Crippen LogP contribution is 2.40. The quantitative estimate of drug-likeness (QED) is 0.561. The summed E-state index contributed by atoms with van der Waals surface area (Å²) in [5, 5.41) is 2.97. The van der Waals surface area contributed by atoms with E-state index in [0.717, 1.165) is 28.9 Å². The fraction of sp³-hybridized carbons (Fsp3) is 0.333. The maximum Gasteiger partial charge on any atom is 0.268 e. The monoisotopic (exact) mass is 484 g/mol. The minimum absolute atomic E-state index is 0.121. The van der Waals surface area contributed by atoms with E-state index >= 15 is 4.39 Å². The van der Waals surface area contributed by atoms with Crippen molar-refractivity contribution in [3.8, 4) is 0 Å². The molecule has 4 rings (SSSR count). The van der Waals surface area contributed by atoms with Gasteiger partial charge in [-0.05, 0) is 38.1 Å². The molecule has 2 atom stereocenters. The van der Waals surface area contributed by atoms with Crippen molar-refractivity contribution in [2.24, 2.45) is 0 Å². The number of pyridine rings is 1. The Morgan fingerprint density at radius 3 is 2.64 bits per heavy atom. The van der Waals surface area contributed by atoms with Crippen LogP contribution in [0.2, 0.25) is 0 Å². The summed E-state index contributed by atoms with van der Waals surface area (Å²) in [6.45, 7) is 2.46. The van der Waals surface area contributed by atoms with Crippen molar-refractivity contribution in [1.29, 1.82) is 0 Å². The van der Waals surface area contributed by atoms with Gasteiger partial charge >= 0.3 is 0 Å². The number of amides is 1. The van der Waals surface area contributed by atoms with Crippen molar-refractivity contribution < 1.29 is 30.8 Å². The summed E-state index contributed by atoms with van der Waals surface area (Å²) in [5.41, 5.74) is -0.950. The number of nitrogens with zero attached hydrogens (tertiary/aromatic N) is 3. The van der Waals surface area contributed by atoms with E-state index in [1.165, 1.54) is 31.0 Å². The van der Waals surface area contributed by atoms with Gasteiger partial charge < -0.3 is 4.90 Å². The van der Waals surface area contributed by atoms with Crippen molar-refractivity contribution in [2.75, 3.05) is 11.4 Å². The Kier molecular flexibility index (Phi) is 5.81. The molecule has 12 heteroatoms. The first-order chi connectivity index (χ1) is 15.5. The van der Waals surface area contributed by atoms with Crippen LogP contribution in [0.5, 0.6) is 0 Å². The van der Waals surface area contributed by atoms with Gasteiger partial charge in [0.1, 0.15) is 23.3 Å². The predicted molar refractivity (Wildman–Crippen MR) is 113 cm³/mol. The van der Waals surface area contributed by atoms with Crippen LogP contribution in [-0.4, -0.2) is 41.9 Å². The summed E-state index contributed by atoms with van der Waals surface area (Å²) >= 11 is 0. The number of anilines is 1. The lowest BCUT2D eigenvalue weighted by molar-refractivity contribution is 0.0982. The number of alkyl halides is 1. The molecule has 7 nitrogen and oxygen atoms in total. The molecule has 2 aromatic heterocycles. The van der Waals surface area contributed by atoms with Crippen molar-refractivity contribution in [3.05, 3.63) is 65.2 Å². The van der Waals surface area contributed by atoms with Gasteiger partial charge in [-0.15, -0.1) is 0 Å². The summed E-state index contributed by atoms with van der Waals surface area (Å²) in [6, 6.07) is 3.08. The maximum atomic E-state index is 15.6. The van der Waals surface area contributed by atoms with Crippen LogP contribution < -0.4 is 9.62 Å². The van der Waals surface area contributed by atoms with Crippen LogP contribution >= 0.6 is 0 Å². The van der Waals surface area contributed by atoms with Crippen LogP contribution in [0.15, 0.2) is 36.7 Å². The smallest absolute Gasteiger partial charge is 0.268 e. The van der Waals surface area contributed by atoms with E-state index in [1.54, 1.807) is 0 Å². The van der Waals surface area contributed by atoms with Gasteiger partial charge in [-0.2, -0.15) is 5.10 Å². The topological polar surface area (TPSA) is 83.8 Å². The Hall–Kier alpha value is -3.15. The number of hydrogen-bond donors (Lipinski definition) is 1. The molecule has 1 aromatic carbocycles. The Morgan fingerprint density at radius 1 is 1.21 bits per heavy atom. The largest absolute Gasteiger partial charge is 0.359 e. The van der Waals surface area contributed by atoms with E-state index < -0.39 is 50.8 Å². The predicted octanol–water partition coefficient (Wildman–Crippen LogP) is 3.51. The zero-order valence-corrected chi connectivity index (χ0v) is 18.4. The summed E-state index contributed by atoms with van der Waals surface area (Å²) in [6.07, 6.45) is 0.701. The van der Waals surface area contributed by atoms with E-state index in [1.807, 2.05) is 4.72 Å². The number of benzene rings is 1. The van der Waals surface area contributed by atoms with Gasteiger partial charge in [-0.25, -0.2) is 35.2 Å². The number of sulfonamides is 1. The van der Waals surface area contributed by atoms with Crippen LogP contribution in [0, 0.1) is 17.5 Å². The van der Waals surface area contributed by atoms with Gasteiger partial charge in [-0.3, -0.25) is 4.79 Å². The average Bonchev–Trinajstić information content (AvgIpc) is 3.34. The van der Waals surface area contributed by atoms with Crippen molar-refractivity contribution >= 4 is 27.1 Å². The minimum atomic E-state index is -3.99. The van der Waals surface area contributed by atoms with Gasteiger partial charge in [0.15, 0.2) is 5.82 Å². The molecule has 1 fully saturated rings. The van der Waals surface area contributed by atoms with Crippen LogP contribution in [0.1, 0.15) is 42.2 Å². The molecule has 1 N–H and O–H groups in total. The second kappa shape index (κ2) is 8.32. The Balaban J connectivity index is 1.78. The van der Waals surface area contributed by atoms with Crippen LogP contribution in [0.4, 0.5) is 23.2 Å². The zero-order valence-electron chi connectivity index (χ0n) is 17.6. The van der Waals surface area contributed by atoms with Crippen LogP contribution in [-0.2, 0) is 10.0 Å². The molecule has 3 aromatic rings. The van der Waals surface area contributed by atoms with E-state index in [-0.39, 0.29) is 35.3 Å². The van der Waals surface area contributed by atoms with E-state index in [4.69, 9.17) is 0 Å². The average molecular weight is 484 g/mol. The Morgan fingerprint density at radius 2 is 1.94 bits per heavy atom. The van der Waals surface area contributed by atoms with Crippen molar-refractivity contribution in [1.82, 2.24) is 14.3 Å². The first-order valence-electron chi connectivity index (χ1n) is 10.1. The number of carbonyl (C=O) groups is 1. The first-order valence-corrected chi connectivity index (χ1v) is 11.6. The lowest BCUT2D eigenvalue weighted by atomic mass is 10.0. The van der Waals surface area contributed by atoms with Crippen molar-refractivity contribution in [3.63, 3.8) is 0 Å². The Bertz CT molecular complexity index is 1340. The fourth-order valence-corrected chi connectivity index (χ4v) is 4.44. The number of halogens is 4.